The predicted octanol–water partition coefficient (Wildman–Crippen LogP) is 4.33. The minimum atomic E-state index is -0.563. The Hall–Kier alpha value is -2.27. The molecule has 0 fully saturated rings. The van der Waals surface area contributed by atoms with Crippen LogP contribution in [0.5, 0.6) is 0 Å². The molecule has 0 spiro atoms. The van der Waals surface area contributed by atoms with Crippen molar-refractivity contribution in [1.82, 2.24) is 5.32 Å². The van der Waals surface area contributed by atoms with E-state index >= 15 is 0 Å². The lowest BCUT2D eigenvalue weighted by Crippen LogP contribution is -2.47. The molecule has 150 valence electrons. The zero-order valence-corrected chi connectivity index (χ0v) is 17.5. The number of carbonyl (C=O) groups is 2. The van der Waals surface area contributed by atoms with Gasteiger partial charge in [-0.3, -0.25) is 9.59 Å². The number of hydrogen-bond donors (Lipinski definition) is 3. The molecule has 2 rings (SSSR count). The Morgan fingerprint density at radius 1 is 0.929 bits per heavy atom. The topological polar surface area (TPSA) is 58.2 Å². The van der Waals surface area contributed by atoms with E-state index in [1.807, 2.05) is 62.4 Å². The fourth-order valence-electron chi connectivity index (χ4n) is 3.03. The maximum absolute atomic E-state index is 12.8. The number of thiol groups is 1. The molecule has 1 unspecified atom stereocenters. The van der Waals surface area contributed by atoms with Gasteiger partial charge in [-0.05, 0) is 42.9 Å². The molecular weight excluding hydrogens is 368 g/mol. The molecular formula is C23H30N2O2S. The van der Waals surface area contributed by atoms with Crippen molar-refractivity contribution in [1.29, 1.82) is 0 Å². The van der Waals surface area contributed by atoms with Gasteiger partial charge in [-0.1, -0.05) is 62.4 Å². The van der Waals surface area contributed by atoms with Crippen molar-refractivity contribution in [2.75, 3.05) is 11.1 Å². The average molecular weight is 399 g/mol. The van der Waals surface area contributed by atoms with Crippen LogP contribution >= 0.6 is 12.6 Å². The standard InChI is InChI=1S/C23H30N2O2S/c1-17(2)15-21(23(27)24-20-11-7-4-8-12-20)25-22(26)19(16-28)14-13-18-9-5-3-6-10-18/h3-12,17,19,21,28H,13-16H2,1-2H3,(H,24,27)(H,25,26)/t19?,21-/m0/s1. The van der Waals surface area contributed by atoms with Crippen LogP contribution in [0, 0.1) is 11.8 Å². The Bertz CT molecular complexity index is 735. The van der Waals surface area contributed by atoms with Gasteiger partial charge in [-0.2, -0.15) is 12.6 Å². The molecule has 0 heterocycles. The highest BCUT2D eigenvalue weighted by molar-refractivity contribution is 7.80. The summed E-state index contributed by atoms with van der Waals surface area (Å²) in [5, 5.41) is 5.85. The second-order valence-corrected chi connectivity index (χ2v) is 7.81. The fraction of sp³-hybridized carbons (Fsp3) is 0.391. The summed E-state index contributed by atoms with van der Waals surface area (Å²) >= 11 is 4.36. The van der Waals surface area contributed by atoms with Crippen LogP contribution in [0.3, 0.4) is 0 Å². The third kappa shape index (κ3) is 7.39. The first-order valence-corrected chi connectivity index (χ1v) is 10.4. The van der Waals surface area contributed by atoms with Gasteiger partial charge in [0.15, 0.2) is 0 Å². The second-order valence-electron chi connectivity index (χ2n) is 7.45. The van der Waals surface area contributed by atoms with Crippen LogP contribution < -0.4 is 10.6 Å². The number of para-hydroxylation sites is 1. The molecule has 0 aliphatic rings. The molecule has 4 nitrogen and oxygen atoms in total. The van der Waals surface area contributed by atoms with E-state index in [0.717, 1.165) is 12.1 Å². The van der Waals surface area contributed by atoms with E-state index in [1.165, 1.54) is 5.56 Å². The average Bonchev–Trinajstić information content (AvgIpc) is 2.69. The molecule has 0 saturated carbocycles. The number of nitrogens with one attached hydrogen (secondary N) is 2. The summed E-state index contributed by atoms with van der Waals surface area (Å²) in [4.78, 5) is 25.5. The van der Waals surface area contributed by atoms with Crippen LogP contribution in [0.25, 0.3) is 0 Å². The van der Waals surface area contributed by atoms with Crippen molar-refractivity contribution in [3.8, 4) is 0 Å². The largest absolute Gasteiger partial charge is 0.344 e. The van der Waals surface area contributed by atoms with Crippen LogP contribution in [0.4, 0.5) is 5.69 Å². The molecule has 2 atom stereocenters. The van der Waals surface area contributed by atoms with Crippen LogP contribution in [-0.2, 0) is 16.0 Å². The highest BCUT2D eigenvalue weighted by Gasteiger charge is 2.25. The lowest BCUT2D eigenvalue weighted by molar-refractivity contribution is -0.129. The van der Waals surface area contributed by atoms with Gasteiger partial charge in [0.1, 0.15) is 6.04 Å². The summed E-state index contributed by atoms with van der Waals surface area (Å²) in [6, 6.07) is 18.8. The van der Waals surface area contributed by atoms with Gasteiger partial charge in [-0.15, -0.1) is 0 Å². The third-order valence-electron chi connectivity index (χ3n) is 4.60. The quantitative estimate of drug-likeness (QED) is 0.522. The van der Waals surface area contributed by atoms with Crippen molar-refractivity contribution in [3.05, 3.63) is 66.2 Å². The number of hydrogen-bond acceptors (Lipinski definition) is 3. The SMILES string of the molecule is CC(C)C[C@H](NC(=O)C(CS)CCc1ccccc1)C(=O)Nc1ccccc1. The van der Waals surface area contributed by atoms with Crippen LogP contribution in [0.1, 0.15) is 32.3 Å². The van der Waals surface area contributed by atoms with E-state index in [0.29, 0.717) is 18.6 Å². The maximum atomic E-state index is 12.8. The normalized spacial score (nSPS) is 13.0. The third-order valence-corrected chi connectivity index (χ3v) is 5.04. The van der Waals surface area contributed by atoms with Crippen LogP contribution in [0.15, 0.2) is 60.7 Å². The van der Waals surface area contributed by atoms with Crippen molar-refractivity contribution in [2.45, 2.75) is 39.2 Å². The molecule has 2 N–H and O–H groups in total. The smallest absolute Gasteiger partial charge is 0.246 e. The van der Waals surface area contributed by atoms with Gasteiger partial charge in [0.05, 0.1) is 0 Å². The summed E-state index contributed by atoms with van der Waals surface area (Å²) in [7, 11) is 0. The minimum absolute atomic E-state index is 0.111. The van der Waals surface area contributed by atoms with E-state index in [2.05, 4.69) is 35.4 Å². The lowest BCUT2D eigenvalue weighted by atomic mass is 9.98. The summed E-state index contributed by atoms with van der Waals surface area (Å²) in [6.07, 6.45) is 2.10. The number of aryl methyl sites for hydroxylation is 1. The number of benzene rings is 2. The van der Waals surface area contributed by atoms with E-state index in [1.54, 1.807) is 0 Å². The molecule has 2 aromatic rings. The van der Waals surface area contributed by atoms with Gasteiger partial charge in [0.25, 0.3) is 0 Å². The molecule has 28 heavy (non-hydrogen) atoms. The Kier molecular flexibility index (Phi) is 9.08. The first kappa shape index (κ1) is 22.0. The zero-order valence-electron chi connectivity index (χ0n) is 16.6. The first-order chi connectivity index (χ1) is 13.5. The minimum Gasteiger partial charge on any atom is -0.344 e. The Morgan fingerprint density at radius 2 is 1.54 bits per heavy atom. The maximum Gasteiger partial charge on any atom is 0.246 e. The van der Waals surface area contributed by atoms with Gasteiger partial charge in [0.2, 0.25) is 11.8 Å². The van der Waals surface area contributed by atoms with Gasteiger partial charge in [0, 0.05) is 17.4 Å². The molecule has 0 aliphatic carbocycles. The van der Waals surface area contributed by atoms with Gasteiger partial charge >= 0.3 is 0 Å². The summed E-state index contributed by atoms with van der Waals surface area (Å²) in [6.45, 7) is 4.08. The van der Waals surface area contributed by atoms with E-state index < -0.39 is 6.04 Å². The molecule has 0 aromatic heterocycles. The molecule has 5 heteroatoms. The van der Waals surface area contributed by atoms with Crippen molar-refractivity contribution in [2.24, 2.45) is 11.8 Å². The number of amides is 2. The molecule has 0 radical (unpaired) electrons. The zero-order chi connectivity index (χ0) is 20.4. The fourth-order valence-corrected chi connectivity index (χ4v) is 3.38. The Labute approximate surface area is 173 Å². The summed E-state index contributed by atoms with van der Waals surface area (Å²) in [5.74, 6) is 0.204. The first-order valence-electron chi connectivity index (χ1n) is 9.80. The Morgan fingerprint density at radius 3 is 2.11 bits per heavy atom. The highest BCUT2D eigenvalue weighted by Crippen LogP contribution is 2.15. The molecule has 2 aromatic carbocycles. The summed E-state index contributed by atoms with van der Waals surface area (Å²) < 4.78 is 0. The summed E-state index contributed by atoms with van der Waals surface area (Å²) in [5.41, 5.74) is 1.92. The Balaban J connectivity index is 1.98. The highest BCUT2D eigenvalue weighted by atomic mass is 32.1. The molecule has 2 amide bonds. The van der Waals surface area contributed by atoms with Crippen molar-refractivity contribution >= 4 is 30.1 Å². The number of anilines is 1. The van der Waals surface area contributed by atoms with Crippen LogP contribution in [-0.4, -0.2) is 23.6 Å². The van der Waals surface area contributed by atoms with Crippen molar-refractivity contribution in [3.63, 3.8) is 0 Å². The number of rotatable bonds is 10. The number of carbonyl (C=O) groups excluding carboxylic acids is 2. The van der Waals surface area contributed by atoms with Crippen LogP contribution in [0.2, 0.25) is 0 Å². The molecule has 0 saturated heterocycles. The van der Waals surface area contributed by atoms with E-state index in [4.69, 9.17) is 0 Å². The second kappa shape index (κ2) is 11.5. The lowest BCUT2D eigenvalue weighted by Gasteiger charge is -2.23. The molecule has 0 aliphatic heterocycles. The predicted molar refractivity (Wildman–Crippen MR) is 119 cm³/mol. The van der Waals surface area contributed by atoms with E-state index in [-0.39, 0.29) is 23.7 Å². The molecule has 0 bridgehead atoms. The van der Waals surface area contributed by atoms with Gasteiger partial charge < -0.3 is 10.6 Å². The van der Waals surface area contributed by atoms with Gasteiger partial charge in [-0.25, -0.2) is 0 Å². The van der Waals surface area contributed by atoms with E-state index in [9.17, 15) is 9.59 Å². The van der Waals surface area contributed by atoms with Crippen molar-refractivity contribution < 1.29 is 9.59 Å². The monoisotopic (exact) mass is 398 g/mol.